The molecule has 90 valence electrons. The zero-order valence-corrected chi connectivity index (χ0v) is 11.5. The Balaban J connectivity index is 2.18. The van der Waals surface area contributed by atoms with Crippen LogP contribution < -0.4 is 0 Å². The third-order valence-electron chi connectivity index (χ3n) is 2.30. The molecule has 4 nitrogen and oxygen atoms in total. The molecular weight excluding hydrogens is 252 g/mol. The maximum absolute atomic E-state index is 4.35. The van der Waals surface area contributed by atoms with Crippen LogP contribution in [0, 0.1) is 0 Å². The van der Waals surface area contributed by atoms with E-state index in [9.17, 15) is 0 Å². The van der Waals surface area contributed by atoms with Crippen molar-refractivity contribution in [3.63, 3.8) is 0 Å². The molecule has 0 amide bonds. The number of thioether (sulfide) groups is 1. The summed E-state index contributed by atoms with van der Waals surface area (Å²) in [7, 11) is 0. The van der Waals surface area contributed by atoms with Gasteiger partial charge < -0.3 is 0 Å². The Kier molecular flexibility index (Phi) is 4.44. The molecule has 17 heavy (non-hydrogen) atoms. The van der Waals surface area contributed by atoms with Crippen LogP contribution in [-0.2, 0) is 0 Å². The first-order valence-corrected chi connectivity index (χ1v) is 7.16. The second-order valence-electron chi connectivity index (χ2n) is 3.76. The SMILES string of the molecule is CCCC(C)Sc1nsnc1-c1cncnc1. The fraction of sp³-hybridized carbons (Fsp3) is 0.455. The largest absolute Gasteiger partial charge is 0.244 e. The van der Waals surface area contributed by atoms with E-state index in [0.29, 0.717) is 5.25 Å². The van der Waals surface area contributed by atoms with Gasteiger partial charge in [0.05, 0.1) is 11.7 Å². The van der Waals surface area contributed by atoms with Gasteiger partial charge in [0.25, 0.3) is 0 Å². The molecule has 2 heterocycles. The molecule has 6 heteroatoms. The van der Waals surface area contributed by atoms with E-state index >= 15 is 0 Å². The van der Waals surface area contributed by atoms with Gasteiger partial charge in [-0.15, -0.1) is 0 Å². The van der Waals surface area contributed by atoms with Crippen LogP contribution in [0.3, 0.4) is 0 Å². The number of nitrogens with zero attached hydrogens (tertiary/aromatic N) is 4. The highest BCUT2D eigenvalue weighted by Gasteiger charge is 2.14. The molecule has 0 fully saturated rings. The lowest BCUT2D eigenvalue weighted by Crippen LogP contribution is -1.95. The fourth-order valence-electron chi connectivity index (χ4n) is 1.51. The predicted octanol–water partition coefficient (Wildman–Crippen LogP) is 3.28. The topological polar surface area (TPSA) is 51.6 Å². The Morgan fingerprint density at radius 1 is 1.29 bits per heavy atom. The van der Waals surface area contributed by atoms with E-state index in [1.165, 1.54) is 30.9 Å². The van der Waals surface area contributed by atoms with E-state index in [1.54, 1.807) is 24.2 Å². The fourth-order valence-corrected chi connectivity index (χ4v) is 3.33. The second-order valence-corrected chi connectivity index (χ2v) is 5.72. The third kappa shape index (κ3) is 3.23. The van der Waals surface area contributed by atoms with Crippen molar-refractivity contribution in [3.8, 4) is 11.3 Å². The smallest absolute Gasteiger partial charge is 0.138 e. The minimum atomic E-state index is 0.562. The minimum Gasteiger partial charge on any atom is -0.244 e. The lowest BCUT2D eigenvalue weighted by atomic mass is 10.3. The van der Waals surface area contributed by atoms with Gasteiger partial charge in [-0.05, 0) is 6.42 Å². The first kappa shape index (κ1) is 12.4. The summed E-state index contributed by atoms with van der Waals surface area (Å²) in [6.07, 6.45) is 7.45. The molecule has 0 radical (unpaired) electrons. The average molecular weight is 266 g/mol. The summed E-state index contributed by atoms with van der Waals surface area (Å²) in [5, 5.41) is 1.55. The Hall–Kier alpha value is -1.01. The molecule has 2 aromatic heterocycles. The number of hydrogen-bond acceptors (Lipinski definition) is 6. The van der Waals surface area contributed by atoms with Gasteiger partial charge in [0.15, 0.2) is 0 Å². The summed E-state index contributed by atoms with van der Waals surface area (Å²) >= 11 is 3.02. The highest BCUT2D eigenvalue weighted by Crippen LogP contribution is 2.32. The minimum absolute atomic E-state index is 0.562. The van der Waals surface area contributed by atoms with E-state index in [-0.39, 0.29) is 0 Å². The molecule has 0 aliphatic heterocycles. The Bertz CT molecular complexity index is 458. The van der Waals surface area contributed by atoms with Crippen LogP contribution in [0.5, 0.6) is 0 Å². The molecule has 1 unspecified atom stereocenters. The van der Waals surface area contributed by atoms with Crippen LogP contribution in [0.25, 0.3) is 11.3 Å². The van der Waals surface area contributed by atoms with E-state index in [2.05, 4.69) is 32.6 Å². The van der Waals surface area contributed by atoms with Gasteiger partial charge in [0.1, 0.15) is 17.0 Å². The lowest BCUT2D eigenvalue weighted by Gasteiger charge is -2.07. The third-order valence-corrected chi connectivity index (χ3v) is 4.09. The van der Waals surface area contributed by atoms with Crippen LogP contribution in [0.15, 0.2) is 23.7 Å². The van der Waals surface area contributed by atoms with E-state index < -0.39 is 0 Å². The molecule has 0 saturated heterocycles. The molecule has 1 atom stereocenters. The van der Waals surface area contributed by atoms with Gasteiger partial charge in [0, 0.05) is 23.2 Å². The van der Waals surface area contributed by atoms with Crippen LogP contribution in [0.1, 0.15) is 26.7 Å². The van der Waals surface area contributed by atoms with Gasteiger partial charge in [-0.3, -0.25) is 0 Å². The first-order valence-electron chi connectivity index (χ1n) is 5.56. The molecule has 0 saturated carbocycles. The number of hydrogen-bond donors (Lipinski definition) is 0. The second kappa shape index (κ2) is 6.07. The van der Waals surface area contributed by atoms with Crippen LogP contribution >= 0.6 is 23.5 Å². The van der Waals surface area contributed by atoms with Crippen molar-refractivity contribution >= 4 is 23.5 Å². The molecule has 0 spiro atoms. The van der Waals surface area contributed by atoms with E-state index in [4.69, 9.17) is 0 Å². The number of aromatic nitrogens is 4. The normalized spacial score (nSPS) is 12.6. The van der Waals surface area contributed by atoms with Crippen molar-refractivity contribution in [3.05, 3.63) is 18.7 Å². The highest BCUT2D eigenvalue weighted by atomic mass is 32.2. The summed E-state index contributed by atoms with van der Waals surface area (Å²) < 4.78 is 8.68. The van der Waals surface area contributed by atoms with Crippen molar-refractivity contribution in [2.75, 3.05) is 0 Å². The number of rotatable bonds is 5. The van der Waals surface area contributed by atoms with Crippen molar-refractivity contribution < 1.29 is 0 Å². The molecule has 2 rings (SSSR count). The molecule has 0 aromatic carbocycles. The molecule has 0 aliphatic rings. The predicted molar refractivity (Wildman–Crippen MR) is 71.2 cm³/mol. The van der Waals surface area contributed by atoms with Crippen LogP contribution in [-0.4, -0.2) is 24.0 Å². The maximum Gasteiger partial charge on any atom is 0.138 e. The summed E-state index contributed by atoms with van der Waals surface area (Å²) in [6, 6.07) is 0. The summed E-state index contributed by atoms with van der Waals surface area (Å²) in [5.74, 6) is 0. The van der Waals surface area contributed by atoms with Crippen molar-refractivity contribution in [1.82, 2.24) is 18.7 Å². The van der Waals surface area contributed by atoms with Crippen molar-refractivity contribution in [1.29, 1.82) is 0 Å². The first-order chi connectivity index (χ1) is 8.31. The van der Waals surface area contributed by atoms with E-state index in [0.717, 1.165) is 16.3 Å². The summed E-state index contributed by atoms with van der Waals surface area (Å²) in [4.78, 5) is 8.03. The molecular formula is C11H14N4S2. The average Bonchev–Trinajstić information content (AvgIpc) is 2.78. The molecule has 0 aliphatic carbocycles. The van der Waals surface area contributed by atoms with Gasteiger partial charge >= 0.3 is 0 Å². The van der Waals surface area contributed by atoms with Crippen LogP contribution in [0.4, 0.5) is 0 Å². The standard InChI is InChI=1S/C11H14N4S2/c1-3-4-8(2)16-11-10(14-17-15-11)9-5-12-7-13-6-9/h5-8H,3-4H2,1-2H3. The summed E-state index contributed by atoms with van der Waals surface area (Å²) in [6.45, 7) is 4.42. The monoisotopic (exact) mass is 266 g/mol. The molecule has 0 bridgehead atoms. The Morgan fingerprint density at radius 2 is 2.06 bits per heavy atom. The summed E-state index contributed by atoms with van der Waals surface area (Å²) in [5.41, 5.74) is 1.84. The Labute approximate surface area is 109 Å². The quantitative estimate of drug-likeness (QED) is 0.777. The zero-order valence-electron chi connectivity index (χ0n) is 9.83. The van der Waals surface area contributed by atoms with Gasteiger partial charge in [-0.1, -0.05) is 32.0 Å². The van der Waals surface area contributed by atoms with Crippen LogP contribution in [0.2, 0.25) is 0 Å². The highest BCUT2D eigenvalue weighted by molar-refractivity contribution is 8.00. The van der Waals surface area contributed by atoms with E-state index in [1.807, 2.05) is 0 Å². The van der Waals surface area contributed by atoms with Gasteiger partial charge in [0.2, 0.25) is 0 Å². The zero-order chi connectivity index (χ0) is 12.1. The Morgan fingerprint density at radius 3 is 2.76 bits per heavy atom. The van der Waals surface area contributed by atoms with Crippen molar-refractivity contribution in [2.24, 2.45) is 0 Å². The molecule has 0 N–H and O–H groups in total. The van der Waals surface area contributed by atoms with Gasteiger partial charge in [-0.2, -0.15) is 8.75 Å². The lowest BCUT2D eigenvalue weighted by molar-refractivity contribution is 0.786. The van der Waals surface area contributed by atoms with Crippen molar-refractivity contribution in [2.45, 2.75) is 37.0 Å². The molecule has 2 aromatic rings. The van der Waals surface area contributed by atoms with Gasteiger partial charge in [-0.25, -0.2) is 9.97 Å². The maximum atomic E-state index is 4.35.